The van der Waals surface area contributed by atoms with Gasteiger partial charge in [0.05, 0.1) is 18.7 Å². The number of likely N-dealkylation sites (tertiary alicyclic amines) is 1. The van der Waals surface area contributed by atoms with Crippen molar-refractivity contribution in [3.8, 4) is 0 Å². The number of carbonyl (C=O) groups is 2. The van der Waals surface area contributed by atoms with Gasteiger partial charge in [-0.2, -0.15) is 0 Å². The third kappa shape index (κ3) is 3.29. The minimum absolute atomic E-state index is 0.0953. The van der Waals surface area contributed by atoms with E-state index in [1.54, 1.807) is 40.3 Å². The predicted octanol–water partition coefficient (Wildman–Crippen LogP) is 3.24. The number of aliphatic hydroxyl groups is 1. The Hall–Kier alpha value is -3.78. The number of pyridine rings is 1. The van der Waals surface area contributed by atoms with Crippen molar-refractivity contribution in [3.63, 3.8) is 0 Å². The van der Waals surface area contributed by atoms with Crippen LogP contribution in [0.15, 0.2) is 72.9 Å². The minimum atomic E-state index is -0.446. The van der Waals surface area contributed by atoms with Gasteiger partial charge in [0.1, 0.15) is 11.5 Å². The fraction of sp³-hybridized carbons (Fsp3) is 0.208. The Morgan fingerprint density at radius 1 is 1.09 bits per heavy atom. The molecular formula is C24H21FN4O3. The number of aliphatic hydroxyl groups excluding tert-OH is 1. The molecule has 32 heavy (non-hydrogen) atoms. The second-order valence-corrected chi connectivity index (χ2v) is 7.88. The maximum Gasteiger partial charge on any atom is 0.326 e. The quantitative estimate of drug-likeness (QED) is 0.665. The van der Waals surface area contributed by atoms with Gasteiger partial charge in [-0.05, 0) is 42.0 Å². The van der Waals surface area contributed by atoms with Crippen LogP contribution in [-0.2, 0) is 0 Å². The number of nitrogens with zero attached hydrogens (tertiary/aromatic N) is 3. The molecule has 3 amide bonds. The van der Waals surface area contributed by atoms with Crippen LogP contribution in [0.3, 0.4) is 0 Å². The first-order valence-electron chi connectivity index (χ1n) is 10.4. The molecule has 162 valence electrons. The molecule has 0 aliphatic carbocycles. The van der Waals surface area contributed by atoms with E-state index in [0.717, 1.165) is 5.56 Å². The first-order chi connectivity index (χ1) is 15.6. The van der Waals surface area contributed by atoms with Gasteiger partial charge >= 0.3 is 6.03 Å². The lowest BCUT2D eigenvalue weighted by Crippen LogP contribution is -2.71. The van der Waals surface area contributed by atoms with E-state index in [0.29, 0.717) is 17.1 Å². The zero-order valence-corrected chi connectivity index (χ0v) is 17.1. The number of hydrogen-bond donors (Lipinski definition) is 2. The van der Waals surface area contributed by atoms with Crippen molar-refractivity contribution in [2.75, 3.05) is 23.4 Å². The average Bonchev–Trinajstić information content (AvgIpc) is 2.80. The molecule has 2 aliphatic rings. The molecule has 3 aromatic rings. The minimum Gasteiger partial charge on any atom is -0.394 e. The van der Waals surface area contributed by atoms with Crippen molar-refractivity contribution < 1.29 is 19.1 Å². The molecule has 3 heterocycles. The summed E-state index contributed by atoms with van der Waals surface area (Å²) in [5.74, 6) is -0.823. The normalized spacial score (nSPS) is 21.2. The third-order valence-electron chi connectivity index (χ3n) is 6.13. The molecule has 1 fully saturated rings. The number of aromatic nitrogens is 1. The smallest absolute Gasteiger partial charge is 0.326 e. The van der Waals surface area contributed by atoms with Crippen LogP contribution in [0, 0.1) is 5.82 Å². The van der Waals surface area contributed by atoms with Crippen molar-refractivity contribution in [2.45, 2.75) is 18.0 Å². The van der Waals surface area contributed by atoms with Gasteiger partial charge in [-0.3, -0.25) is 14.7 Å². The van der Waals surface area contributed by atoms with Crippen molar-refractivity contribution in [2.24, 2.45) is 0 Å². The molecule has 7 nitrogen and oxygen atoms in total. The first-order valence-corrected chi connectivity index (χ1v) is 10.4. The summed E-state index contributed by atoms with van der Waals surface area (Å²) in [6, 6.07) is 17.1. The van der Waals surface area contributed by atoms with Crippen LogP contribution >= 0.6 is 0 Å². The van der Waals surface area contributed by atoms with Gasteiger partial charge < -0.3 is 15.3 Å². The Balaban J connectivity index is 1.47. The van der Waals surface area contributed by atoms with Crippen LogP contribution in [0.5, 0.6) is 0 Å². The van der Waals surface area contributed by atoms with E-state index in [9.17, 15) is 19.1 Å². The lowest BCUT2D eigenvalue weighted by molar-refractivity contribution is -0.0245. The molecule has 0 unspecified atom stereocenters. The summed E-state index contributed by atoms with van der Waals surface area (Å²) in [6.45, 7) is 0.0570. The number of amides is 3. The van der Waals surface area contributed by atoms with Gasteiger partial charge in [-0.15, -0.1) is 0 Å². The van der Waals surface area contributed by atoms with E-state index in [-0.39, 0.29) is 31.0 Å². The lowest BCUT2D eigenvalue weighted by atomic mass is 9.72. The van der Waals surface area contributed by atoms with Gasteiger partial charge in [-0.1, -0.05) is 30.3 Å². The number of hydrogen-bond acceptors (Lipinski definition) is 4. The molecule has 8 heteroatoms. The molecule has 0 bridgehead atoms. The Kier molecular flexibility index (Phi) is 5.07. The Morgan fingerprint density at radius 3 is 2.66 bits per heavy atom. The SMILES string of the molecule is O=C(Nc1cccc(F)c1)N1C[C@H]2[C@@H](c3ccccc31)[C@@H](CO)N2C(=O)c1ccccn1. The number of anilines is 2. The highest BCUT2D eigenvalue weighted by Gasteiger charge is 2.55. The van der Waals surface area contributed by atoms with E-state index < -0.39 is 17.9 Å². The summed E-state index contributed by atoms with van der Waals surface area (Å²) >= 11 is 0. The highest BCUT2D eigenvalue weighted by molar-refractivity contribution is 6.03. The molecule has 0 radical (unpaired) electrons. The summed E-state index contributed by atoms with van der Waals surface area (Å²) in [4.78, 5) is 33.6. The second-order valence-electron chi connectivity index (χ2n) is 7.88. The average molecular weight is 432 g/mol. The maximum absolute atomic E-state index is 13.6. The number of benzene rings is 2. The largest absolute Gasteiger partial charge is 0.394 e. The Morgan fingerprint density at radius 2 is 1.91 bits per heavy atom. The van der Waals surface area contributed by atoms with Gasteiger partial charge in [0, 0.05) is 30.0 Å². The number of halogens is 1. The summed E-state index contributed by atoms with van der Waals surface area (Å²) in [5.41, 5.74) is 2.24. The monoisotopic (exact) mass is 432 g/mol. The second kappa shape index (κ2) is 8.05. The molecule has 1 aromatic heterocycles. The third-order valence-corrected chi connectivity index (χ3v) is 6.13. The van der Waals surface area contributed by atoms with Crippen LogP contribution in [-0.4, -0.2) is 52.2 Å². The zero-order valence-electron chi connectivity index (χ0n) is 17.1. The van der Waals surface area contributed by atoms with E-state index in [1.165, 1.54) is 18.2 Å². The van der Waals surface area contributed by atoms with Gasteiger partial charge in [0.15, 0.2) is 0 Å². The Bertz CT molecular complexity index is 1170. The summed E-state index contributed by atoms with van der Waals surface area (Å²) in [5, 5.41) is 12.8. The highest BCUT2D eigenvalue weighted by atomic mass is 19.1. The first kappa shape index (κ1) is 20.1. The van der Waals surface area contributed by atoms with Crippen molar-refractivity contribution in [1.29, 1.82) is 0 Å². The summed E-state index contributed by atoms with van der Waals surface area (Å²) in [7, 11) is 0. The van der Waals surface area contributed by atoms with Gasteiger partial charge in [-0.25, -0.2) is 9.18 Å². The number of urea groups is 1. The predicted molar refractivity (Wildman–Crippen MR) is 117 cm³/mol. The lowest BCUT2D eigenvalue weighted by Gasteiger charge is -2.58. The fourth-order valence-corrected chi connectivity index (χ4v) is 4.74. The van der Waals surface area contributed by atoms with Crippen LogP contribution in [0.1, 0.15) is 22.0 Å². The number of carbonyl (C=O) groups excluding carboxylic acids is 2. The van der Waals surface area contributed by atoms with Crippen LogP contribution in [0.4, 0.5) is 20.6 Å². The number of fused-ring (bicyclic) bond motifs is 3. The highest BCUT2D eigenvalue weighted by Crippen LogP contribution is 2.48. The molecule has 5 rings (SSSR count). The molecule has 2 aliphatic heterocycles. The van der Waals surface area contributed by atoms with Gasteiger partial charge in [0.25, 0.3) is 5.91 Å². The summed E-state index contributed by atoms with van der Waals surface area (Å²) in [6.07, 6.45) is 1.55. The molecule has 1 saturated heterocycles. The van der Waals surface area contributed by atoms with Gasteiger partial charge in [0.2, 0.25) is 0 Å². The number of para-hydroxylation sites is 1. The summed E-state index contributed by atoms with van der Waals surface area (Å²) < 4.78 is 13.6. The molecule has 2 aromatic carbocycles. The molecule has 0 spiro atoms. The number of nitrogens with one attached hydrogen (secondary N) is 1. The molecule has 2 N–H and O–H groups in total. The standard InChI is InChI=1S/C24H21FN4O3/c25-15-6-5-7-16(12-15)27-24(32)28-13-20-22(17-8-1-2-10-19(17)28)21(14-30)29(20)23(31)18-9-3-4-11-26-18/h1-12,20-22,30H,13-14H2,(H,27,32)/t20-,21+,22+/m0/s1. The zero-order chi connectivity index (χ0) is 22.2. The van der Waals surface area contributed by atoms with Crippen molar-refractivity contribution in [1.82, 2.24) is 9.88 Å². The van der Waals surface area contributed by atoms with Crippen LogP contribution < -0.4 is 10.2 Å². The van der Waals surface area contributed by atoms with E-state index >= 15 is 0 Å². The Labute approximate surface area is 184 Å². The van der Waals surface area contributed by atoms with E-state index in [1.807, 2.05) is 24.3 Å². The van der Waals surface area contributed by atoms with Crippen molar-refractivity contribution in [3.05, 3.63) is 90.0 Å². The molecule has 3 atom stereocenters. The van der Waals surface area contributed by atoms with Crippen LogP contribution in [0.25, 0.3) is 0 Å². The fourth-order valence-electron chi connectivity index (χ4n) is 4.74. The maximum atomic E-state index is 13.6. The van der Waals surface area contributed by atoms with Crippen LogP contribution in [0.2, 0.25) is 0 Å². The van der Waals surface area contributed by atoms with E-state index in [4.69, 9.17) is 0 Å². The molecular weight excluding hydrogens is 411 g/mol. The van der Waals surface area contributed by atoms with E-state index in [2.05, 4.69) is 10.3 Å². The number of rotatable bonds is 3. The topological polar surface area (TPSA) is 85.8 Å². The van der Waals surface area contributed by atoms with Crippen molar-refractivity contribution >= 4 is 23.3 Å². The molecule has 0 saturated carbocycles.